The fourth-order valence-electron chi connectivity index (χ4n) is 2.42. The summed E-state index contributed by atoms with van der Waals surface area (Å²) in [6, 6.07) is 12.5. The van der Waals surface area contributed by atoms with E-state index in [9.17, 15) is 9.59 Å². The van der Waals surface area contributed by atoms with Gasteiger partial charge in [-0.1, -0.05) is 23.9 Å². The highest BCUT2D eigenvalue weighted by molar-refractivity contribution is 7.99. The molecule has 2 N–H and O–H groups in total. The van der Waals surface area contributed by atoms with Crippen molar-refractivity contribution in [2.75, 3.05) is 20.0 Å². The molecule has 0 fully saturated rings. The third-order valence-electron chi connectivity index (χ3n) is 3.87. The van der Waals surface area contributed by atoms with Crippen LogP contribution in [0.2, 0.25) is 0 Å². The van der Waals surface area contributed by atoms with E-state index in [1.54, 1.807) is 31.4 Å². The van der Waals surface area contributed by atoms with E-state index in [4.69, 9.17) is 4.74 Å². The molecular formula is C19H19N3O4S. The molecule has 0 radical (unpaired) electrons. The molecule has 0 spiro atoms. The summed E-state index contributed by atoms with van der Waals surface area (Å²) in [5.41, 5.74) is 3.06. The van der Waals surface area contributed by atoms with E-state index in [2.05, 4.69) is 20.0 Å². The topological polar surface area (TPSA) is 93.3 Å². The first-order valence-electron chi connectivity index (χ1n) is 8.19. The smallest absolute Gasteiger partial charge is 0.337 e. The molecule has 0 saturated heterocycles. The molecule has 3 rings (SSSR count). The fraction of sp³-hybridized carbons (Fsp3) is 0.211. The molecule has 3 aromatic rings. The Morgan fingerprint density at radius 3 is 2.63 bits per heavy atom. The molecule has 0 saturated carbocycles. The number of fused-ring (bicyclic) bond motifs is 1. The van der Waals surface area contributed by atoms with Crippen molar-refractivity contribution in [3.05, 3.63) is 53.6 Å². The average molecular weight is 385 g/mol. The summed E-state index contributed by atoms with van der Waals surface area (Å²) in [4.78, 5) is 31.1. The van der Waals surface area contributed by atoms with Crippen LogP contribution in [0.15, 0.2) is 47.6 Å². The van der Waals surface area contributed by atoms with Crippen molar-refractivity contribution in [3.63, 3.8) is 0 Å². The average Bonchev–Trinajstić information content (AvgIpc) is 3.12. The second-order valence-corrected chi connectivity index (χ2v) is 6.64. The lowest BCUT2D eigenvalue weighted by Gasteiger charge is -2.05. The molecule has 1 heterocycles. The number of hydrogen-bond acceptors (Lipinski definition) is 6. The predicted molar refractivity (Wildman–Crippen MR) is 103 cm³/mol. The number of benzene rings is 2. The Morgan fingerprint density at radius 2 is 1.93 bits per heavy atom. The number of nitrogens with zero attached hydrogens (tertiary/aromatic N) is 1. The van der Waals surface area contributed by atoms with Gasteiger partial charge in [-0.05, 0) is 29.8 Å². The van der Waals surface area contributed by atoms with Crippen molar-refractivity contribution in [2.45, 2.75) is 11.7 Å². The molecule has 1 aromatic heterocycles. The highest BCUT2D eigenvalue weighted by Gasteiger charge is 2.09. The molecular weight excluding hydrogens is 366 g/mol. The van der Waals surface area contributed by atoms with Crippen LogP contribution < -0.4 is 10.1 Å². The number of esters is 1. The molecule has 0 unspecified atom stereocenters. The summed E-state index contributed by atoms with van der Waals surface area (Å²) < 4.78 is 9.84. The number of carbonyl (C=O) groups excluding carboxylic acids is 2. The van der Waals surface area contributed by atoms with Gasteiger partial charge in [0, 0.05) is 12.6 Å². The minimum absolute atomic E-state index is 0.102. The third-order valence-corrected chi connectivity index (χ3v) is 4.75. The van der Waals surface area contributed by atoms with Gasteiger partial charge in [0.15, 0.2) is 5.16 Å². The molecule has 8 heteroatoms. The Kier molecular flexibility index (Phi) is 5.97. The molecule has 2 aromatic carbocycles. The Hall–Kier alpha value is -3.00. The summed E-state index contributed by atoms with van der Waals surface area (Å²) in [5.74, 6) is 0.510. The summed E-state index contributed by atoms with van der Waals surface area (Å²) >= 11 is 1.33. The minimum Gasteiger partial charge on any atom is -0.497 e. The SMILES string of the molecule is COC(=O)c1ccc(CNC(=O)CSc2nc3ccc(OC)cc3[nH]2)cc1. The number of aromatic nitrogens is 2. The highest BCUT2D eigenvalue weighted by atomic mass is 32.2. The van der Waals surface area contributed by atoms with Gasteiger partial charge in [-0.25, -0.2) is 9.78 Å². The van der Waals surface area contributed by atoms with E-state index < -0.39 is 0 Å². The van der Waals surface area contributed by atoms with Gasteiger partial charge < -0.3 is 19.8 Å². The Bertz CT molecular complexity index is 953. The minimum atomic E-state index is -0.384. The van der Waals surface area contributed by atoms with Gasteiger partial charge in [0.1, 0.15) is 5.75 Å². The molecule has 0 aliphatic rings. The van der Waals surface area contributed by atoms with Crippen molar-refractivity contribution in [1.82, 2.24) is 15.3 Å². The molecule has 7 nitrogen and oxygen atoms in total. The van der Waals surface area contributed by atoms with Crippen LogP contribution in [0, 0.1) is 0 Å². The second-order valence-electron chi connectivity index (χ2n) is 5.68. The summed E-state index contributed by atoms with van der Waals surface area (Å²) in [7, 11) is 2.95. The van der Waals surface area contributed by atoms with Crippen molar-refractivity contribution in [2.24, 2.45) is 0 Å². The monoisotopic (exact) mass is 385 g/mol. The fourth-order valence-corrected chi connectivity index (χ4v) is 3.14. The zero-order valence-electron chi connectivity index (χ0n) is 14.9. The number of carbonyl (C=O) groups is 2. The molecule has 0 bridgehead atoms. The number of thioether (sulfide) groups is 1. The highest BCUT2D eigenvalue weighted by Crippen LogP contribution is 2.23. The number of nitrogens with one attached hydrogen (secondary N) is 2. The number of H-pyrrole nitrogens is 1. The Labute approximate surface area is 160 Å². The predicted octanol–water partition coefficient (Wildman–Crippen LogP) is 2.77. The van der Waals surface area contributed by atoms with E-state index in [0.29, 0.717) is 17.3 Å². The maximum Gasteiger partial charge on any atom is 0.337 e. The molecule has 1 amide bonds. The van der Waals surface area contributed by atoms with Crippen molar-refractivity contribution in [3.8, 4) is 5.75 Å². The van der Waals surface area contributed by atoms with Gasteiger partial charge in [-0.3, -0.25) is 4.79 Å². The van der Waals surface area contributed by atoms with Gasteiger partial charge in [0.25, 0.3) is 0 Å². The number of amides is 1. The number of hydrogen-bond donors (Lipinski definition) is 2. The van der Waals surface area contributed by atoms with Crippen LogP contribution in [0.5, 0.6) is 5.75 Å². The second kappa shape index (κ2) is 8.59. The van der Waals surface area contributed by atoms with Gasteiger partial charge >= 0.3 is 5.97 Å². The first kappa shape index (κ1) is 18.8. The van der Waals surface area contributed by atoms with E-state index in [0.717, 1.165) is 22.3 Å². The first-order chi connectivity index (χ1) is 13.1. The lowest BCUT2D eigenvalue weighted by molar-refractivity contribution is -0.118. The van der Waals surface area contributed by atoms with Gasteiger partial charge in [-0.15, -0.1) is 0 Å². The van der Waals surface area contributed by atoms with Crippen molar-refractivity contribution in [1.29, 1.82) is 0 Å². The normalized spacial score (nSPS) is 10.6. The van der Waals surface area contributed by atoms with Crippen LogP contribution in [0.1, 0.15) is 15.9 Å². The number of imidazole rings is 1. The molecule has 27 heavy (non-hydrogen) atoms. The van der Waals surface area contributed by atoms with Crippen molar-refractivity contribution < 1.29 is 19.1 Å². The Balaban J connectivity index is 1.50. The number of aromatic amines is 1. The molecule has 0 aliphatic heterocycles. The van der Waals surface area contributed by atoms with E-state index in [-0.39, 0.29) is 17.6 Å². The van der Waals surface area contributed by atoms with Crippen molar-refractivity contribution >= 4 is 34.7 Å². The lowest BCUT2D eigenvalue weighted by atomic mass is 10.1. The maximum absolute atomic E-state index is 12.1. The van der Waals surface area contributed by atoms with Crippen LogP contribution in [-0.2, 0) is 16.1 Å². The molecule has 0 aliphatic carbocycles. The Morgan fingerprint density at radius 1 is 1.15 bits per heavy atom. The summed E-state index contributed by atoms with van der Waals surface area (Å²) in [6.45, 7) is 0.387. The summed E-state index contributed by atoms with van der Waals surface area (Å²) in [6.07, 6.45) is 0. The lowest BCUT2D eigenvalue weighted by Crippen LogP contribution is -2.24. The van der Waals surface area contributed by atoms with Crippen LogP contribution in [-0.4, -0.2) is 41.8 Å². The first-order valence-corrected chi connectivity index (χ1v) is 9.18. The maximum atomic E-state index is 12.1. The molecule has 0 atom stereocenters. The quantitative estimate of drug-likeness (QED) is 0.480. The van der Waals surface area contributed by atoms with Crippen LogP contribution in [0.3, 0.4) is 0 Å². The number of rotatable bonds is 7. The number of ether oxygens (including phenoxy) is 2. The van der Waals surface area contributed by atoms with E-state index >= 15 is 0 Å². The third kappa shape index (κ3) is 4.79. The molecule has 140 valence electrons. The largest absolute Gasteiger partial charge is 0.497 e. The standard InChI is InChI=1S/C19H19N3O4S/c1-25-14-7-8-15-16(9-14)22-19(21-15)27-11-17(23)20-10-12-3-5-13(6-4-12)18(24)26-2/h3-9H,10-11H2,1-2H3,(H,20,23)(H,21,22). The van der Waals surface area contributed by atoms with Crippen LogP contribution >= 0.6 is 11.8 Å². The van der Waals surface area contributed by atoms with Gasteiger partial charge in [0.2, 0.25) is 5.91 Å². The van der Waals surface area contributed by atoms with Crippen LogP contribution in [0.4, 0.5) is 0 Å². The van der Waals surface area contributed by atoms with Crippen LogP contribution in [0.25, 0.3) is 11.0 Å². The van der Waals surface area contributed by atoms with E-state index in [1.165, 1.54) is 18.9 Å². The van der Waals surface area contributed by atoms with Gasteiger partial charge in [0.05, 0.1) is 36.6 Å². The summed E-state index contributed by atoms with van der Waals surface area (Å²) in [5, 5.41) is 3.52. The number of methoxy groups -OCH3 is 2. The van der Waals surface area contributed by atoms with E-state index in [1.807, 2.05) is 18.2 Å². The zero-order chi connectivity index (χ0) is 19.2. The van der Waals surface area contributed by atoms with Gasteiger partial charge in [-0.2, -0.15) is 0 Å². The zero-order valence-corrected chi connectivity index (χ0v) is 15.8.